The lowest BCUT2D eigenvalue weighted by molar-refractivity contribution is -0.385. The van der Waals surface area contributed by atoms with Crippen LogP contribution in [0, 0.1) is 21.8 Å². The molecule has 1 fully saturated rings. The van der Waals surface area contributed by atoms with Crippen LogP contribution in [0.3, 0.4) is 0 Å². The van der Waals surface area contributed by atoms with Crippen molar-refractivity contribution in [1.29, 1.82) is 0 Å². The number of carboxylic acids is 1. The molecule has 1 aliphatic rings. The van der Waals surface area contributed by atoms with Crippen LogP contribution in [0.5, 0.6) is 0 Å². The summed E-state index contributed by atoms with van der Waals surface area (Å²) >= 11 is 0. The van der Waals surface area contributed by atoms with Gasteiger partial charge in [0.25, 0.3) is 5.69 Å². The van der Waals surface area contributed by atoms with Crippen LogP contribution in [0.2, 0.25) is 0 Å². The van der Waals surface area contributed by atoms with E-state index in [9.17, 15) is 24.4 Å². The van der Waals surface area contributed by atoms with E-state index in [1.54, 1.807) is 6.92 Å². The molecule has 1 N–H and O–H groups in total. The number of carbonyl (C=O) groups is 1. The minimum atomic E-state index is -1.01. The Kier molecular flexibility index (Phi) is 3.37. The predicted octanol–water partition coefficient (Wildman–Crippen LogP) is 2.03. The van der Waals surface area contributed by atoms with Gasteiger partial charge in [-0.2, -0.15) is 0 Å². The molecule has 0 aliphatic carbocycles. The number of halogens is 1. The molecular weight excluding hydrogens is 255 g/mol. The van der Waals surface area contributed by atoms with E-state index in [0.717, 1.165) is 6.07 Å². The maximum absolute atomic E-state index is 13.9. The van der Waals surface area contributed by atoms with Gasteiger partial charge >= 0.3 is 5.97 Å². The van der Waals surface area contributed by atoms with E-state index in [1.165, 1.54) is 17.0 Å². The summed E-state index contributed by atoms with van der Waals surface area (Å²) in [5.41, 5.74) is -0.247. The van der Waals surface area contributed by atoms with Gasteiger partial charge in [-0.1, -0.05) is 6.92 Å². The van der Waals surface area contributed by atoms with Crippen LogP contribution in [0.4, 0.5) is 15.8 Å². The highest BCUT2D eigenvalue weighted by Gasteiger charge is 2.38. The van der Waals surface area contributed by atoms with Crippen molar-refractivity contribution in [3.8, 4) is 0 Å². The summed E-state index contributed by atoms with van der Waals surface area (Å²) in [4.78, 5) is 22.5. The van der Waals surface area contributed by atoms with E-state index >= 15 is 0 Å². The second kappa shape index (κ2) is 4.83. The molecule has 0 spiro atoms. The van der Waals surface area contributed by atoms with Crippen molar-refractivity contribution in [2.24, 2.45) is 5.92 Å². The fraction of sp³-hybridized carbons (Fsp3) is 0.417. The molecule has 102 valence electrons. The number of carboxylic acid groups (broad SMARTS) is 1. The molecule has 19 heavy (non-hydrogen) atoms. The van der Waals surface area contributed by atoms with Crippen molar-refractivity contribution in [2.75, 3.05) is 11.4 Å². The standard InChI is InChI=1S/C12H13FN2O4/c1-7-4-5-14(11(7)12(16)17)10-3-2-8(15(18)19)6-9(10)13/h2-3,6-7,11H,4-5H2,1H3,(H,16,17). The van der Waals surface area contributed by atoms with Gasteiger partial charge in [-0.3, -0.25) is 10.1 Å². The second-order valence-electron chi connectivity index (χ2n) is 4.64. The van der Waals surface area contributed by atoms with Crippen molar-refractivity contribution >= 4 is 17.3 Å². The molecule has 2 unspecified atom stereocenters. The molecule has 1 aliphatic heterocycles. The molecule has 0 radical (unpaired) electrons. The minimum absolute atomic E-state index is 0.0907. The molecule has 0 aromatic heterocycles. The van der Waals surface area contributed by atoms with E-state index < -0.39 is 22.8 Å². The number of aliphatic carboxylic acids is 1. The summed E-state index contributed by atoms with van der Waals surface area (Å²) in [6.07, 6.45) is 0.646. The van der Waals surface area contributed by atoms with Crippen LogP contribution in [0.25, 0.3) is 0 Å². The zero-order chi connectivity index (χ0) is 14.2. The zero-order valence-corrected chi connectivity index (χ0v) is 10.2. The lowest BCUT2D eigenvalue weighted by Gasteiger charge is -2.25. The highest BCUT2D eigenvalue weighted by Crippen LogP contribution is 2.33. The first-order chi connectivity index (χ1) is 8.91. The van der Waals surface area contributed by atoms with Gasteiger partial charge in [0.2, 0.25) is 0 Å². The first-order valence-corrected chi connectivity index (χ1v) is 5.85. The third-order valence-electron chi connectivity index (χ3n) is 3.40. The van der Waals surface area contributed by atoms with Gasteiger partial charge in [-0.25, -0.2) is 9.18 Å². The number of hydrogen-bond donors (Lipinski definition) is 1. The smallest absolute Gasteiger partial charge is 0.326 e. The van der Waals surface area contributed by atoms with Gasteiger partial charge in [0.1, 0.15) is 6.04 Å². The Morgan fingerprint density at radius 3 is 2.79 bits per heavy atom. The van der Waals surface area contributed by atoms with Crippen molar-refractivity contribution < 1.29 is 19.2 Å². The Morgan fingerprint density at radius 2 is 2.26 bits per heavy atom. The first kappa shape index (κ1) is 13.3. The van der Waals surface area contributed by atoms with Crippen molar-refractivity contribution in [2.45, 2.75) is 19.4 Å². The Hall–Kier alpha value is -2.18. The van der Waals surface area contributed by atoms with E-state index in [2.05, 4.69) is 0 Å². The number of rotatable bonds is 3. The minimum Gasteiger partial charge on any atom is -0.480 e. The van der Waals surface area contributed by atoms with E-state index in [4.69, 9.17) is 0 Å². The molecule has 0 saturated carbocycles. The van der Waals surface area contributed by atoms with Crippen LogP contribution in [0.15, 0.2) is 18.2 Å². The number of nitro groups is 1. The third-order valence-corrected chi connectivity index (χ3v) is 3.40. The van der Waals surface area contributed by atoms with Gasteiger partial charge in [-0.15, -0.1) is 0 Å². The van der Waals surface area contributed by atoms with Gasteiger partial charge in [0.15, 0.2) is 5.82 Å². The largest absolute Gasteiger partial charge is 0.480 e. The lowest BCUT2D eigenvalue weighted by Crippen LogP contribution is -2.39. The second-order valence-corrected chi connectivity index (χ2v) is 4.64. The summed E-state index contributed by atoms with van der Waals surface area (Å²) < 4.78 is 13.9. The Morgan fingerprint density at radius 1 is 1.58 bits per heavy atom. The van der Waals surface area contributed by atoms with E-state index in [-0.39, 0.29) is 17.3 Å². The van der Waals surface area contributed by atoms with Crippen molar-refractivity contribution in [3.05, 3.63) is 34.1 Å². The average Bonchev–Trinajstić information content (AvgIpc) is 2.70. The summed E-state index contributed by atoms with van der Waals surface area (Å²) in [5, 5.41) is 19.7. The third kappa shape index (κ3) is 2.35. The van der Waals surface area contributed by atoms with Crippen LogP contribution in [-0.4, -0.2) is 28.6 Å². The molecule has 0 bridgehead atoms. The number of anilines is 1. The summed E-state index contributed by atoms with van der Waals surface area (Å²) in [7, 11) is 0. The molecule has 1 heterocycles. The molecule has 2 atom stereocenters. The van der Waals surface area contributed by atoms with Crippen LogP contribution in [-0.2, 0) is 4.79 Å². The summed E-state index contributed by atoms with van der Waals surface area (Å²) in [6.45, 7) is 2.22. The van der Waals surface area contributed by atoms with Gasteiger partial charge in [0, 0.05) is 12.6 Å². The number of nitrogens with zero attached hydrogens (tertiary/aromatic N) is 2. The number of nitro benzene ring substituents is 1. The van der Waals surface area contributed by atoms with E-state index in [0.29, 0.717) is 13.0 Å². The highest BCUT2D eigenvalue weighted by molar-refractivity contribution is 5.79. The molecule has 1 saturated heterocycles. The van der Waals surface area contributed by atoms with Crippen LogP contribution < -0.4 is 4.90 Å². The van der Waals surface area contributed by atoms with Crippen molar-refractivity contribution in [3.63, 3.8) is 0 Å². The molecule has 7 heteroatoms. The number of hydrogen-bond acceptors (Lipinski definition) is 4. The fourth-order valence-corrected chi connectivity index (χ4v) is 2.44. The molecular formula is C12H13FN2O4. The quantitative estimate of drug-likeness (QED) is 0.669. The zero-order valence-electron chi connectivity index (χ0n) is 10.2. The molecule has 1 aromatic carbocycles. The Bertz CT molecular complexity index is 534. The molecule has 0 amide bonds. The topological polar surface area (TPSA) is 83.7 Å². The number of benzene rings is 1. The average molecular weight is 268 g/mol. The van der Waals surface area contributed by atoms with Crippen LogP contribution >= 0.6 is 0 Å². The highest BCUT2D eigenvalue weighted by atomic mass is 19.1. The molecule has 1 aromatic rings. The molecule has 2 rings (SSSR count). The Balaban J connectivity index is 2.36. The SMILES string of the molecule is CC1CCN(c2ccc([N+](=O)[O-])cc2F)C1C(=O)O. The monoisotopic (exact) mass is 268 g/mol. The number of non-ortho nitro benzene ring substituents is 1. The van der Waals surface area contributed by atoms with Crippen LogP contribution in [0.1, 0.15) is 13.3 Å². The van der Waals surface area contributed by atoms with Gasteiger partial charge < -0.3 is 10.0 Å². The van der Waals surface area contributed by atoms with Gasteiger partial charge in [-0.05, 0) is 18.4 Å². The maximum atomic E-state index is 13.9. The maximum Gasteiger partial charge on any atom is 0.326 e. The first-order valence-electron chi connectivity index (χ1n) is 5.85. The predicted molar refractivity (Wildman–Crippen MR) is 65.6 cm³/mol. The summed E-state index contributed by atoms with van der Waals surface area (Å²) in [5.74, 6) is -1.87. The Labute approximate surface area is 108 Å². The van der Waals surface area contributed by atoms with E-state index in [1.807, 2.05) is 0 Å². The molecule has 6 nitrogen and oxygen atoms in total. The fourth-order valence-electron chi connectivity index (χ4n) is 2.44. The normalized spacial score (nSPS) is 22.5. The van der Waals surface area contributed by atoms with Gasteiger partial charge in [0.05, 0.1) is 16.7 Å². The van der Waals surface area contributed by atoms with Crippen molar-refractivity contribution in [1.82, 2.24) is 0 Å². The lowest BCUT2D eigenvalue weighted by atomic mass is 10.0. The summed E-state index contributed by atoms with van der Waals surface area (Å²) in [6, 6.07) is 2.47.